The number of hydrogen-bond acceptors (Lipinski definition) is 1. The van der Waals surface area contributed by atoms with Gasteiger partial charge in [0.25, 0.3) is 0 Å². The number of carbonyl (C=O) groups excluding carboxylic acids is 1. The van der Waals surface area contributed by atoms with Gasteiger partial charge in [-0.2, -0.15) is 13.2 Å². The van der Waals surface area contributed by atoms with E-state index in [1.54, 1.807) is 31.2 Å². The van der Waals surface area contributed by atoms with Crippen LogP contribution in [-0.2, 0) is 11.0 Å². The molecule has 0 bridgehead atoms. The van der Waals surface area contributed by atoms with Crippen LogP contribution in [0.2, 0.25) is 0 Å². The Balaban J connectivity index is 2.19. The van der Waals surface area contributed by atoms with Crippen LogP contribution in [0.1, 0.15) is 24.0 Å². The molecule has 2 nitrogen and oxygen atoms in total. The van der Waals surface area contributed by atoms with E-state index in [1.807, 2.05) is 6.07 Å². The molecule has 0 fully saturated rings. The van der Waals surface area contributed by atoms with Crippen LogP contribution in [0.5, 0.6) is 0 Å². The molecule has 2 aromatic rings. The Kier molecular flexibility index (Phi) is 4.90. The summed E-state index contributed by atoms with van der Waals surface area (Å²) >= 11 is 2.87. The highest BCUT2D eigenvalue weighted by Gasteiger charge is 2.33. The van der Waals surface area contributed by atoms with Crippen LogP contribution in [0.3, 0.4) is 0 Å². The first-order valence-electron chi connectivity index (χ1n) is 6.51. The van der Waals surface area contributed by atoms with Gasteiger partial charge in [0.2, 0.25) is 5.91 Å². The Bertz CT molecular complexity index is 671. The molecule has 6 heteroatoms. The van der Waals surface area contributed by atoms with Crippen molar-refractivity contribution >= 4 is 27.5 Å². The topological polar surface area (TPSA) is 29.1 Å². The second kappa shape index (κ2) is 6.52. The normalized spacial score (nSPS) is 12.8. The molecule has 2 rings (SSSR count). The van der Waals surface area contributed by atoms with Crippen LogP contribution >= 0.6 is 15.9 Å². The van der Waals surface area contributed by atoms with E-state index in [1.165, 1.54) is 12.1 Å². The first-order valence-corrected chi connectivity index (χ1v) is 7.31. The largest absolute Gasteiger partial charge is 0.417 e. The van der Waals surface area contributed by atoms with Gasteiger partial charge >= 0.3 is 6.18 Å². The van der Waals surface area contributed by atoms with Gasteiger partial charge in [-0.25, -0.2) is 0 Å². The number of amides is 1. The molecule has 2 aromatic carbocycles. The number of benzene rings is 2. The maximum absolute atomic E-state index is 12.8. The van der Waals surface area contributed by atoms with Crippen LogP contribution in [-0.4, -0.2) is 5.91 Å². The molecule has 1 atom stereocenters. The predicted octanol–water partition coefficient (Wildman–Crippen LogP) is 5.21. The van der Waals surface area contributed by atoms with Crippen molar-refractivity contribution in [1.82, 2.24) is 0 Å². The van der Waals surface area contributed by atoms with Crippen molar-refractivity contribution in [1.29, 1.82) is 0 Å². The second-order valence-electron chi connectivity index (χ2n) is 4.81. The summed E-state index contributed by atoms with van der Waals surface area (Å²) in [5.41, 5.74) is 0.0918. The Morgan fingerprint density at radius 3 is 2.36 bits per heavy atom. The van der Waals surface area contributed by atoms with Crippen molar-refractivity contribution in [2.45, 2.75) is 19.0 Å². The lowest BCUT2D eigenvalue weighted by atomic mass is 10.0. The van der Waals surface area contributed by atoms with Gasteiger partial charge in [0.05, 0.1) is 11.5 Å². The van der Waals surface area contributed by atoms with Gasteiger partial charge < -0.3 is 5.32 Å². The van der Waals surface area contributed by atoms with Crippen LogP contribution in [0, 0.1) is 0 Å². The minimum Gasteiger partial charge on any atom is -0.326 e. The first kappa shape index (κ1) is 16.5. The number of anilines is 1. The molecule has 1 unspecified atom stereocenters. The molecule has 0 aromatic heterocycles. The van der Waals surface area contributed by atoms with Crippen molar-refractivity contribution < 1.29 is 18.0 Å². The summed E-state index contributed by atoms with van der Waals surface area (Å²) in [6.07, 6.45) is -4.48. The Morgan fingerprint density at radius 1 is 1.14 bits per heavy atom. The Morgan fingerprint density at radius 2 is 1.77 bits per heavy atom. The average Bonchev–Trinajstić information content (AvgIpc) is 2.48. The lowest BCUT2D eigenvalue weighted by molar-refractivity contribution is -0.138. The van der Waals surface area contributed by atoms with Crippen LogP contribution in [0.4, 0.5) is 18.9 Å². The number of hydrogen-bond donors (Lipinski definition) is 1. The third-order valence-electron chi connectivity index (χ3n) is 3.23. The Labute approximate surface area is 134 Å². The fourth-order valence-corrected chi connectivity index (χ4v) is 2.44. The molecule has 1 amide bonds. The third kappa shape index (κ3) is 3.88. The van der Waals surface area contributed by atoms with E-state index in [0.717, 1.165) is 11.6 Å². The van der Waals surface area contributed by atoms with Crippen molar-refractivity contribution in [2.75, 3.05) is 5.32 Å². The SMILES string of the molecule is CC(C(=O)Nc1ccc(Br)c(C(F)(F)F)c1)c1ccccc1. The lowest BCUT2D eigenvalue weighted by Gasteiger charge is -2.15. The van der Waals surface area contributed by atoms with E-state index >= 15 is 0 Å². The summed E-state index contributed by atoms with van der Waals surface area (Å²) in [6, 6.07) is 12.7. The van der Waals surface area contributed by atoms with Gasteiger partial charge in [-0.05, 0) is 30.7 Å². The standard InChI is InChI=1S/C16H13BrF3NO/c1-10(11-5-3-2-4-6-11)15(22)21-12-7-8-14(17)13(9-12)16(18,19)20/h2-10H,1H3,(H,21,22). The first-order chi connectivity index (χ1) is 10.3. The molecular weight excluding hydrogens is 359 g/mol. The highest BCUT2D eigenvalue weighted by atomic mass is 79.9. The molecule has 0 spiro atoms. The van der Waals surface area contributed by atoms with E-state index in [-0.39, 0.29) is 16.1 Å². The molecule has 0 saturated heterocycles. The number of alkyl halides is 3. The van der Waals surface area contributed by atoms with Crippen molar-refractivity contribution in [2.24, 2.45) is 0 Å². The molecule has 22 heavy (non-hydrogen) atoms. The average molecular weight is 372 g/mol. The zero-order valence-electron chi connectivity index (χ0n) is 11.6. The fourth-order valence-electron chi connectivity index (χ4n) is 1.96. The van der Waals surface area contributed by atoms with Gasteiger partial charge in [0.1, 0.15) is 0 Å². The molecule has 0 heterocycles. The summed E-state index contributed by atoms with van der Waals surface area (Å²) in [7, 11) is 0. The van der Waals surface area contributed by atoms with E-state index in [0.29, 0.717) is 0 Å². The van der Waals surface area contributed by atoms with Gasteiger partial charge in [0, 0.05) is 10.2 Å². The lowest BCUT2D eigenvalue weighted by Crippen LogP contribution is -2.19. The maximum atomic E-state index is 12.8. The van der Waals surface area contributed by atoms with Crippen LogP contribution < -0.4 is 5.32 Å². The predicted molar refractivity (Wildman–Crippen MR) is 82.6 cm³/mol. The summed E-state index contributed by atoms with van der Waals surface area (Å²) in [6.45, 7) is 1.70. The van der Waals surface area contributed by atoms with Gasteiger partial charge in [-0.3, -0.25) is 4.79 Å². The molecule has 0 aliphatic carbocycles. The van der Waals surface area contributed by atoms with E-state index in [2.05, 4.69) is 21.2 Å². The Hall–Kier alpha value is -1.82. The molecule has 0 aliphatic heterocycles. The maximum Gasteiger partial charge on any atom is 0.417 e. The summed E-state index contributed by atoms with van der Waals surface area (Å²) in [5.74, 6) is -0.819. The highest BCUT2D eigenvalue weighted by Crippen LogP contribution is 2.36. The minimum atomic E-state index is -4.48. The van der Waals surface area contributed by atoms with Crippen molar-refractivity contribution in [3.05, 3.63) is 64.1 Å². The fraction of sp³-hybridized carbons (Fsp3) is 0.188. The number of halogens is 4. The highest BCUT2D eigenvalue weighted by molar-refractivity contribution is 9.10. The second-order valence-corrected chi connectivity index (χ2v) is 5.67. The monoisotopic (exact) mass is 371 g/mol. The van der Waals surface area contributed by atoms with Crippen molar-refractivity contribution in [3.63, 3.8) is 0 Å². The van der Waals surface area contributed by atoms with E-state index < -0.39 is 17.7 Å². The van der Waals surface area contributed by atoms with Crippen LogP contribution in [0.15, 0.2) is 53.0 Å². The summed E-state index contributed by atoms with van der Waals surface area (Å²) in [5, 5.41) is 2.52. The quantitative estimate of drug-likeness (QED) is 0.788. The van der Waals surface area contributed by atoms with Crippen LogP contribution in [0.25, 0.3) is 0 Å². The zero-order valence-corrected chi connectivity index (χ0v) is 13.2. The van der Waals surface area contributed by atoms with Crippen molar-refractivity contribution in [3.8, 4) is 0 Å². The summed E-state index contributed by atoms with van der Waals surface area (Å²) in [4.78, 5) is 12.2. The third-order valence-corrected chi connectivity index (χ3v) is 3.92. The molecule has 0 saturated carbocycles. The van der Waals surface area contributed by atoms with Gasteiger partial charge in [0.15, 0.2) is 0 Å². The smallest absolute Gasteiger partial charge is 0.326 e. The molecule has 116 valence electrons. The molecule has 0 radical (unpaired) electrons. The zero-order chi connectivity index (χ0) is 16.3. The summed E-state index contributed by atoms with van der Waals surface area (Å²) < 4.78 is 38.5. The molecule has 1 N–H and O–H groups in total. The van der Waals surface area contributed by atoms with Gasteiger partial charge in [-0.1, -0.05) is 46.3 Å². The number of rotatable bonds is 3. The number of nitrogens with one attached hydrogen (secondary N) is 1. The van der Waals surface area contributed by atoms with E-state index in [4.69, 9.17) is 0 Å². The molecule has 0 aliphatic rings. The minimum absolute atomic E-state index is 0.0610. The van der Waals surface area contributed by atoms with Gasteiger partial charge in [-0.15, -0.1) is 0 Å². The number of carbonyl (C=O) groups is 1. The van der Waals surface area contributed by atoms with E-state index in [9.17, 15) is 18.0 Å². The molecular formula is C16H13BrF3NO.